The molecule has 13 heteroatoms. The first kappa shape index (κ1) is 31.3. The number of hydrogen-bond donors (Lipinski definition) is 8. The molecular formula is C24H39N7O6. The zero-order chi connectivity index (χ0) is 28.0. The fourth-order valence-electron chi connectivity index (χ4n) is 3.41. The van der Waals surface area contributed by atoms with Crippen LogP contribution in [0.1, 0.15) is 38.7 Å². The van der Waals surface area contributed by atoms with Crippen molar-refractivity contribution in [3.63, 3.8) is 0 Å². The number of carbonyl (C=O) groups is 4. The highest BCUT2D eigenvalue weighted by molar-refractivity contribution is 5.94. The van der Waals surface area contributed by atoms with E-state index < -0.39 is 54.5 Å². The van der Waals surface area contributed by atoms with Crippen LogP contribution in [0.5, 0.6) is 0 Å². The van der Waals surface area contributed by atoms with Gasteiger partial charge in [-0.1, -0.05) is 50.6 Å². The molecule has 206 valence electrons. The molecule has 3 amide bonds. The van der Waals surface area contributed by atoms with Crippen LogP contribution in [0.25, 0.3) is 0 Å². The van der Waals surface area contributed by atoms with Crippen LogP contribution >= 0.6 is 0 Å². The number of carbonyl (C=O) groups excluding carboxylic acids is 3. The maximum absolute atomic E-state index is 13.2. The summed E-state index contributed by atoms with van der Waals surface area (Å²) < 4.78 is 0. The van der Waals surface area contributed by atoms with Gasteiger partial charge >= 0.3 is 5.97 Å². The van der Waals surface area contributed by atoms with Crippen LogP contribution in [0, 0.1) is 5.92 Å². The fraction of sp³-hybridized carbons (Fsp3) is 0.542. The predicted octanol–water partition coefficient (Wildman–Crippen LogP) is -1.81. The van der Waals surface area contributed by atoms with Crippen molar-refractivity contribution in [1.82, 2.24) is 16.0 Å². The minimum atomic E-state index is -1.55. The van der Waals surface area contributed by atoms with Gasteiger partial charge in [-0.3, -0.25) is 19.4 Å². The quantitative estimate of drug-likeness (QED) is 0.0694. The van der Waals surface area contributed by atoms with Gasteiger partial charge < -0.3 is 43.4 Å². The van der Waals surface area contributed by atoms with Gasteiger partial charge in [-0.25, -0.2) is 4.79 Å². The third kappa shape index (κ3) is 11.3. The van der Waals surface area contributed by atoms with E-state index >= 15 is 0 Å². The van der Waals surface area contributed by atoms with Gasteiger partial charge in [0, 0.05) is 6.54 Å². The molecule has 0 fully saturated rings. The third-order valence-corrected chi connectivity index (χ3v) is 5.80. The van der Waals surface area contributed by atoms with Crippen molar-refractivity contribution in [3.8, 4) is 0 Å². The topological polar surface area (TPSA) is 235 Å². The van der Waals surface area contributed by atoms with Crippen LogP contribution in [0.2, 0.25) is 0 Å². The summed E-state index contributed by atoms with van der Waals surface area (Å²) in [6.45, 7) is 2.96. The Kier molecular flexibility index (Phi) is 13.6. The lowest BCUT2D eigenvalue weighted by molar-refractivity contribution is -0.143. The zero-order valence-electron chi connectivity index (χ0n) is 21.2. The lowest BCUT2D eigenvalue weighted by Crippen LogP contribution is -2.59. The molecule has 0 heterocycles. The van der Waals surface area contributed by atoms with Crippen molar-refractivity contribution >= 4 is 29.7 Å². The maximum atomic E-state index is 13.2. The van der Waals surface area contributed by atoms with Gasteiger partial charge in [0.2, 0.25) is 17.7 Å². The highest BCUT2D eigenvalue weighted by Crippen LogP contribution is 2.11. The molecule has 0 bridgehead atoms. The molecule has 13 nitrogen and oxygen atoms in total. The summed E-state index contributed by atoms with van der Waals surface area (Å²) >= 11 is 0. The number of carboxylic acids is 1. The molecule has 1 aromatic rings. The largest absolute Gasteiger partial charge is 0.480 e. The number of aliphatic hydroxyl groups is 1. The SMILES string of the molecule is CCC(C)C(NC(=O)C(N)Cc1ccccc1)C(=O)NC(CCCN=C(N)N)C(=O)NC(CO)C(=O)O. The van der Waals surface area contributed by atoms with E-state index in [1.807, 2.05) is 37.3 Å². The van der Waals surface area contributed by atoms with Crippen molar-refractivity contribution in [1.29, 1.82) is 0 Å². The van der Waals surface area contributed by atoms with E-state index in [4.69, 9.17) is 22.3 Å². The number of nitrogens with zero attached hydrogens (tertiary/aromatic N) is 1. The molecule has 0 radical (unpaired) electrons. The Bertz CT molecular complexity index is 923. The van der Waals surface area contributed by atoms with Crippen molar-refractivity contribution in [2.45, 2.75) is 63.7 Å². The number of amides is 3. The highest BCUT2D eigenvalue weighted by atomic mass is 16.4. The van der Waals surface area contributed by atoms with E-state index in [1.165, 1.54) is 0 Å². The minimum Gasteiger partial charge on any atom is -0.480 e. The Morgan fingerprint density at radius 3 is 2.14 bits per heavy atom. The molecule has 11 N–H and O–H groups in total. The van der Waals surface area contributed by atoms with Gasteiger partial charge in [0.05, 0.1) is 12.6 Å². The van der Waals surface area contributed by atoms with Crippen LogP contribution in [-0.4, -0.2) is 77.2 Å². The highest BCUT2D eigenvalue weighted by Gasteiger charge is 2.32. The van der Waals surface area contributed by atoms with Gasteiger partial charge in [0.15, 0.2) is 5.96 Å². The van der Waals surface area contributed by atoms with Gasteiger partial charge in [-0.2, -0.15) is 0 Å². The minimum absolute atomic E-state index is 0.0703. The molecule has 5 atom stereocenters. The molecule has 1 aromatic carbocycles. The summed E-state index contributed by atoms with van der Waals surface area (Å²) in [4.78, 5) is 53.9. The lowest BCUT2D eigenvalue weighted by Gasteiger charge is -2.28. The number of nitrogens with two attached hydrogens (primary N) is 3. The van der Waals surface area contributed by atoms with E-state index in [0.29, 0.717) is 6.42 Å². The second-order valence-electron chi connectivity index (χ2n) is 8.76. The second-order valence-corrected chi connectivity index (χ2v) is 8.76. The fourth-order valence-corrected chi connectivity index (χ4v) is 3.41. The van der Waals surface area contributed by atoms with Crippen molar-refractivity contribution in [2.75, 3.05) is 13.2 Å². The van der Waals surface area contributed by atoms with E-state index in [0.717, 1.165) is 5.56 Å². The van der Waals surface area contributed by atoms with Gasteiger partial charge in [0.25, 0.3) is 0 Å². The number of guanidine groups is 1. The van der Waals surface area contributed by atoms with E-state index in [-0.39, 0.29) is 37.7 Å². The number of benzene rings is 1. The number of aliphatic carboxylic acids is 1. The first-order chi connectivity index (χ1) is 17.5. The number of nitrogens with one attached hydrogen (secondary N) is 3. The number of aliphatic imine (C=N–C) groups is 1. The van der Waals surface area contributed by atoms with E-state index in [1.54, 1.807) is 6.92 Å². The number of hydrogen-bond acceptors (Lipinski definition) is 7. The summed E-state index contributed by atoms with van der Waals surface area (Å²) in [6, 6.07) is 4.58. The van der Waals surface area contributed by atoms with Crippen LogP contribution in [0.4, 0.5) is 0 Å². The Hall–Kier alpha value is -3.71. The molecule has 1 rings (SSSR count). The zero-order valence-corrected chi connectivity index (χ0v) is 21.2. The molecule has 37 heavy (non-hydrogen) atoms. The molecule has 0 aliphatic carbocycles. The monoisotopic (exact) mass is 521 g/mol. The summed E-state index contributed by atoms with van der Waals surface area (Å²) in [7, 11) is 0. The molecular weight excluding hydrogens is 482 g/mol. The molecule has 0 aromatic heterocycles. The molecule has 0 spiro atoms. The summed E-state index contributed by atoms with van der Waals surface area (Å²) in [6.07, 6.45) is 1.17. The standard InChI is InChI=1S/C24H39N7O6/c1-3-14(2)19(31-20(33)16(25)12-15-8-5-4-6-9-15)22(35)29-17(10-7-11-28-24(26)27)21(34)30-18(13-32)23(36)37/h4-6,8-9,14,16-19,32H,3,7,10-13,25H2,1-2H3,(H,29,35)(H,30,34)(H,31,33)(H,36,37)(H4,26,27,28). The van der Waals surface area contributed by atoms with E-state index in [9.17, 15) is 24.3 Å². The van der Waals surface area contributed by atoms with E-state index in [2.05, 4.69) is 20.9 Å². The molecule has 0 aliphatic rings. The van der Waals surface area contributed by atoms with Crippen molar-refractivity contribution in [3.05, 3.63) is 35.9 Å². The third-order valence-electron chi connectivity index (χ3n) is 5.80. The summed E-state index contributed by atoms with van der Waals surface area (Å²) in [5, 5.41) is 25.9. The molecule has 0 aliphatic heterocycles. The average molecular weight is 522 g/mol. The van der Waals surface area contributed by atoms with Gasteiger partial charge in [-0.05, 0) is 30.7 Å². The Morgan fingerprint density at radius 1 is 0.973 bits per heavy atom. The van der Waals surface area contributed by atoms with Crippen molar-refractivity contribution < 1.29 is 29.4 Å². The second kappa shape index (κ2) is 16.1. The summed E-state index contributed by atoms with van der Waals surface area (Å²) in [5.74, 6) is -3.84. The Labute approximate surface area is 216 Å². The lowest BCUT2D eigenvalue weighted by atomic mass is 9.96. The molecule has 0 saturated carbocycles. The first-order valence-corrected chi connectivity index (χ1v) is 12.1. The molecule has 5 unspecified atom stereocenters. The predicted molar refractivity (Wildman–Crippen MR) is 138 cm³/mol. The van der Waals surface area contributed by atoms with Crippen LogP contribution in [-0.2, 0) is 25.6 Å². The smallest absolute Gasteiger partial charge is 0.328 e. The normalized spacial score (nSPS) is 14.8. The van der Waals surface area contributed by atoms with Crippen molar-refractivity contribution in [2.24, 2.45) is 28.1 Å². The Morgan fingerprint density at radius 2 is 1.59 bits per heavy atom. The van der Waals surface area contributed by atoms with Crippen LogP contribution in [0.3, 0.4) is 0 Å². The first-order valence-electron chi connectivity index (χ1n) is 12.1. The Balaban J connectivity index is 2.99. The number of rotatable bonds is 16. The molecule has 0 saturated heterocycles. The van der Waals surface area contributed by atoms with Crippen LogP contribution in [0.15, 0.2) is 35.3 Å². The number of carboxylic acid groups (broad SMARTS) is 1. The van der Waals surface area contributed by atoms with Gasteiger partial charge in [-0.15, -0.1) is 0 Å². The summed E-state index contributed by atoms with van der Waals surface area (Å²) in [5.41, 5.74) is 17.6. The van der Waals surface area contributed by atoms with Gasteiger partial charge in [0.1, 0.15) is 18.1 Å². The average Bonchev–Trinajstić information content (AvgIpc) is 2.86. The van der Waals surface area contributed by atoms with Crippen LogP contribution < -0.4 is 33.2 Å². The maximum Gasteiger partial charge on any atom is 0.328 e. The number of aliphatic hydroxyl groups excluding tert-OH is 1.